The molecule has 0 spiro atoms. The highest BCUT2D eigenvalue weighted by Gasteiger charge is 2.05. The van der Waals surface area contributed by atoms with E-state index in [2.05, 4.69) is 31.1 Å². The van der Waals surface area contributed by atoms with E-state index in [4.69, 9.17) is 5.26 Å². The molecule has 0 aliphatic heterocycles. The van der Waals surface area contributed by atoms with Crippen molar-refractivity contribution in [1.82, 2.24) is 15.2 Å². The summed E-state index contributed by atoms with van der Waals surface area (Å²) in [4.78, 5) is 4.23. The third-order valence-corrected chi connectivity index (χ3v) is 2.90. The lowest BCUT2D eigenvalue weighted by molar-refractivity contribution is 0.962. The predicted octanol–water partition coefficient (Wildman–Crippen LogP) is 2.22. The van der Waals surface area contributed by atoms with Gasteiger partial charge in [0.25, 0.3) is 0 Å². The molecular weight excluding hydrogens is 268 g/mol. The van der Waals surface area contributed by atoms with Crippen LogP contribution in [0.5, 0.6) is 0 Å². The molecule has 0 saturated heterocycles. The van der Waals surface area contributed by atoms with E-state index < -0.39 is 0 Å². The lowest BCUT2D eigenvalue weighted by atomic mass is 10.1. The summed E-state index contributed by atoms with van der Waals surface area (Å²) in [5.74, 6) is 1.32. The van der Waals surface area contributed by atoms with Gasteiger partial charge in [-0.1, -0.05) is 34.1 Å². The fraction of sp³-hybridized carbons (Fsp3) is 0.182. The molecular formula is C11H9BrN4. The summed E-state index contributed by atoms with van der Waals surface area (Å²) < 4.78 is 1.05. The minimum absolute atomic E-state index is 0.243. The maximum absolute atomic E-state index is 8.51. The van der Waals surface area contributed by atoms with Crippen LogP contribution in [0.15, 0.2) is 28.7 Å². The third-order valence-electron chi connectivity index (χ3n) is 2.13. The number of nitrogens with one attached hydrogen (secondary N) is 1. The molecule has 0 saturated carbocycles. The summed E-state index contributed by atoms with van der Waals surface area (Å²) in [6.45, 7) is 0. The highest BCUT2D eigenvalue weighted by Crippen LogP contribution is 2.17. The van der Waals surface area contributed by atoms with Crippen LogP contribution in [0.2, 0.25) is 0 Å². The van der Waals surface area contributed by atoms with Gasteiger partial charge in [0.05, 0.1) is 12.5 Å². The van der Waals surface area contributed by atoms with Crippen molar-refractivity contribution in [1.29, 1.82) is 5.26 Å². The number of nitrogens with zero attached hydrogens (tertiary/aromatic N) is 3. The van der Waals surface area contributed by atoms with E-state index in [-0.39, 0.29) is 6.42 Å². The summed E-state index contributed by atoms with van der Waals surface area (Å²) in [6.07, 6.45) is 0.923. The average Bonchev–Trinajstić information content (AvgIpc) is 2.70. The molecule has 1 heterocycles. The topological polar surface area (TPSA) is 65.4 Å². The van der Waals surface area contributed by atoms with Crippen molar-refractivity contribution >= 4 is 15.9 Å². The largest absolute Gasteiger partial charge is 0.263 e. The number of hydrogen-bond donors (Lipinski definition) is 1. The second-order valence-electron chi connectivity index (χ2n) is 3.30. The van der Waals surface area contributed by atoms with Gasteiger partial charge >= 0.3 is 0 Å². The SMILES string of the molecule is N#CCc1n[nH]c(Cc2ccccc2Br)n1. The van der Waals surface area contributed by atoms with Crippen LogP contribution in [-0.4, -0.2) is 15.2 Å². The Balaban J connectivity index is 2.15. The fourth-order valence-corrected chi connectivity index (χ4v) is 1.81. The Bertz CT molecular complexity index is 527. The van der Waals surface area contributed by atoms with Gasteiger partial charge in [-0.25, -0.2) is 4.98 Å². The number of halogens is 1. The molecule has 1 aromatic carbocycles. The Morgan fingerprint density at radius 3 is 2.94 bits per heavy atom. The standard InChI is InChI=1S/C11H9BrN4/c12-9-4-2-1-3-8(9)7-11-14-10(5-6-13)15-16-11/h1-4H,5,7H2,(H,14,15,16). The van der Waals surface area contributed by atoms with Gasteiger partial charge in [-0.15, -0.1) is 0 Å². The van der Waals surface area contributed by atoms with Crippen LogP contribution in [0, 0.1) is 11.3 Å². The van der Waals surface area contributed by atoms with Crippen molar-refractivity contribution in [3.63, 3.8) is 0 Å². The first kappa shape index (κ1) is 10.8. The van der Waals surface area contributed by atoms with Gasteiger partial charge < -0.3 is 0 Å². The molecule has 0 radical (unpaired) electrons. The van der Waals surface area contributed by atoms with E-state index in [9.17, 15) is 0 Å². The van der Waals surface area contributed by atoms with Crippen LogP contribution >= 0.6 is 15.9 Å². The maximum atomic E-state index is 8.51. The molecule has 1 N–H and O–H groups in total. The zero-order valence-electron chi connectivity index (χ0n) is 8.44. The molecule has 0 bridgehead atoms. The first-order valence-corrected chi connectivity index (χ1v) is 5.59. The van der Waals surface area contributed by atoms with E-state index in [0.717, 1.165) is 15.9 Å². The zero-order valence-corrected chi connectivity index (χ0v) is 10.0. The summed E-state index contributed by atoms with van der Waals surface area (Å²) in [7, 11) is 0. The van der Waals surface area contributed by atoms with E-state index in [1.165, 1.54) is 0 Å². The number of H-pyrrole nitrogens is 1. The highest BCUT2D eigenvalue weighted by molar-refractivity contribution is 9.10. The minimum Gasteiger partial charge on any atom is -0.263 e. The van der Waals surface area contributed by atoms with Crippen LogP contribution in [0.25, 0.3) is 0 Å². The molecule has 0 fully saturated rings. The van der Waals surface area contributed by atoms with Gasteiger partial charge in [-0.3, -0.25) is 5.10 Å². The Hall–Kier alpha value is -1.67. The smallest absolute Gasteiger partial charge is 0.164 e. The van der Waals surface area contributed by atoms with E-state index in [1.807, 2.05) is 30.3 Å². The number of aromatic amines is 1. The molecule has 1 aromatic heterocycles. The van der Waals surface area contributed by atoms with Gasteiger partial charge in [-0.2, -0.15) is 10.4 Å². The molecule has 0 atom stereocenters. The molecule has 80 valence electrons. The van der Waals surface area contributed by atoms with E-state index in [0.29, 0.717) is 12.2 Å². The summed E-state index contributed by atoms with van der Waals surface area (Å²) in [5, 5.41) is 15.3. The summed E-state index contributed by atoms with van der Waals surface area (Å²) in [6, 6.07) is 9.98. The minimum atomic E-state index is 0.243. The third kappa shape index (κ3) is 2.47. The van der Waals surface area contributed by atoms with Crippen molar-refractivity contribution in [3.8, 4) is 6.07 Å². The van der Waals surface area contributed by atoms with Crippen molar-refractivity contribution in [2.75, 3.05) is 0 Å². The molecule has 0 unspecified atom stereocenters. The molecule has 0 aliphatic rings. The first-order valence-electron chi connectivity index (χ1n) is 4.80. The molecule has 16 heavy (non-hydrogen) atoms. The molecule has 2 rings (SSSR count). The highest BCUT2D eigenvalue weighted by atomic mass is 79.9. The molecule has 2 aromatic rings. The van der Waals surface area contributed by atoms with Crippen LogP contribution < -0.4 is 0 Å². The maximum Gasteiger partial charge on any atom is 0.164 e. The van der Waals surface area contributed by atoms with Gasteiger partial charge in [-0.05, 0) is 11.6 Å². The van der Waals surface area contributed by atoms with E-state index >= 15 is 0 Å². The Morgan fingerprint density at radius 2 is 2.19 bits per heavy atom. The zero-order chi connectivity index (χ0) is 11.4. The van der Waals surface area contributed by atoms with Crippen molar-refractivity contribution in [2.24, 2.45) is 0 Å². The van der Waals surface area contributed by atoms with Gasteiger partial charge in [0.2, 0.25) is 0 Å². The van der Waals surface area contributed by atoms with Crippen LogP contribution in [0.3, 0.4) is 0 Å². The fourth-order valence-electron chi connectivity index (χ4n) is 1.39. The number of hydrogen-bond acceptors (Lipinski definition) is 3. The quantitative estimate of drug-likeness (QED) is 0.935. The number of benzene rings is 1. The number of rotatable bonds is 3. The lowest BCUT2D eigenvalue weighted by Gasteiger charge is -2.00. The Morgan fingerprint density at radius 1 is 1.38 bits per heavy atom. The normalized spacial score (nSPS) is 10.0. The van der Waals surface area contributed by atoms with Crippen molar-refractivity contribution in [2.45, 2.75) is 12.8 Å². The summed E-state index contributed by atoms with van der Waals surface area (Å²) >= 11 is 3.48. The van der Waals surface area contributed by atoms with Crippen LogP contribution in [0.1, 0.15) is 17.2 Å². The predicted molar refractivity (Wildman–Crippen MR) is 62.6 cm³/mol. The van der Waals surface area contributed by atoms with Gasteiger partial charge in [0.15, 0.2) is 5.82 Å². The lowest BCUT2D eigenvalue weighted by Crippen LogP contribution is -1.92. The van der Waals surface area contributed by atoms with Gasteiger partial charge in [0, 0.05) is 10.9 Å². The van der Waals surface area contributed by atoms with Crippen molar-refractivity contribution < 1.29 is 0 Å². The average molecular weight is 277 g/mol. The van der Waals surface area contributed by atoms with Crippen LogP contribution in [0.4, 0.5) is 0 Å². The molecule has 4 nitrogen and oxygen atoms in total. The monoisotopic (exact) mass is 276 g/mol. The second-order valence-corrected chi connectivity index (χ2v) is 4.16. The van der Waals surface area contributed by atoms with E-state index in [1.54, 1.807) is 0 Å². The van der Waals surface area contributed by atoms with Crippen molar-refractivity contribution in [3.05, 3.63) is 46.0 Å². The molecule has 0 aliphatic carbocycles. The molecule has 5 heteroatoms. The summed E-state index contributed by atoms with van der Waals surface area (Å²) in [5.41, 5.74) is 1.14. The van der Waals surface area contributed by atoms with Gasteiger partial charge in [0.1, 0.15) is 5.82 Å². The Kier molecular flexibility index (Phi) is 3.32. The Labute approximate surface area is 101 Å². The second kappa shape index (κ2) is 4.90. The molecule has 0 amide bonds. The first-order chi connectivity index (χ1) is 7.79. The number of nitriles is 1. The number of aromatic nitrogens is 3. The van der Waals surface area contributed by atoms with Crippen LogP contribution in [-0.2, 0) is 12.8 Å².